The number of carboxylic acid groups (broad SMARTS) is 1. The van der Waals surface area contributed by atoms with Gasteiger partial charge in [-0.05, 0) is 48.0 Å². The molecule has 7 nitrogen and oxygen atoms in total. The van der Waals surface area contributed by atoms with Gasteiger partial charge in [0.15, 0.2) is 5.71 Å². The van der Waals surface area contributed by atoms with E-state index >= 15 is 0 Å². The lowest BCUT2D eigenvalue weighted by Gasteiger charge is -2.16. The molecule has 5 rings (SSSR count). The number of aromatic carboxylic acids is 1. The first-order valence-corrected chi connectivity index (χ1v) is 10.6. The number of para-hydroxylation sites is 2. The van der Waals surface area contributed by atoms with Gasteiger partial charge in [0.1, 0.15) is 11.6 Å². The van der Waals surface area contributed by atoms with Gasteiger partial charge in [0.2, 0.25) is 0 Å². The number of carbonyl (C=O) groups is 2. The van der Waals surface area contributed by atoms with Gasteiger partial charge in [-0.2, -0.15) is 5.10 Å². The fourth-order valence-electron chi connectivity index (χ4n) is 3.98. The summed E-state index contributed by atoms with van der Waals surface area (Å²) in [6.45, 7) is 0. The fraction of sp³-hybridized carbons (Fsp3) is 0. The van der Waals surface area contributed by atoms with Crippen molar-refractivity contribution in [1.82, 2.24) is 0 Å². The van der Waals surface area contributed by atoms with Crippen LogP contribution in [0.25, 0.3) is 11.1 Å². The molecule has 172 valence electrons. The molecule has 4 aromatic carbocycles. The molecule has 35 heavy (non-hydrogen) atoms. The first kappa shape index (κ1) is 21.8. The molecule has 0 saturated carbocycles. The lowest BCUT2D eigenvalue weighted by molar-refractivity contribution is -0.111. The molecule has 1 amide bonds. The van der Waals surface area contributed by atoms with Gasteiger partial charge in [-0.15, -0.1) is 0 Å². The number of benzene rings is 4. The molecular formula is C27H18FN3O4. The van der Waals surface area contributed by atoms with Crippen LogP contribution >= 0.6 is 0 Å². The summed E-state index contributed by atoms with van der Waals surface area (Å²) in [4.78, 5) is 26.0. The maximum atomic E-state index is 13.8. The van der Waals surface area contributed by atoms with Crippen molar-refractivity contribution in [2.45, 2.75) is 0 Å². The Hall–Kier alpha value is -4.98. The summed E-state index contributed by atoms with van der Waals surface area (Å²) in [6.07, 6.45) is 0. The predicted molar refractivity (Wildman–Crippen MR) is 131 cm³/mol. The zero-order chi connectivity index (χ0) is 24.5. The van der Waals surface area contributed by atoms with E-state index in [1.165, 1.54) is 35.2 Å². The molecular weight excluding hydrogens is 449 g/mol. The maximum absolute atomic E-state index is 13.8. The Balaban J connectivity index is 1.51. The average molecular weight is 467 g/mol. The number of phenols is 1. The zero-order valence-electron chi connectivity index (χ0n) is 18.1. The first-order chi connectivity index (χ1) is 16.9. The van der Waals surface area contributed by atoms with E-state index < -0.39 is 17.7 Å². The van der Waals surface area contributed by atoms with Crippen molar-refractivity contribution < 1.29 is 24.2 Å². The highest BCUT2D eigenvalue weighted by atomic mass is 19.1. The van der Waals surface area contributed by atoms with Crippen molar-refractivity contribution in [2.24, 2.45) is 5.10 Å². The number of hydrogen-bond acceptors (Lipinski definition) is 5. The van der Waals surface area contributed by atoms with Crippen LogP contribution in [0, 0.1) is 5.82 Å². The number of carboxylic acids is 1. The van der Waals surface area contributed by atoms with Crippen molar-refractivity contribution in [3.63, 3.8) is 0 Å². The van der Waals surface area contributed by atoms with Crippen LogP contribution in [-0.4, -0.2) is 27.8 Å². The topological polar surface area (TPSA) is 102 Å². The second-order valence-electron chi connectivity index (χ2n) is 7.80. The van der Waals surface area contributed by atoms with Crippen LogP contribution in [0.4, 0.5) is 21.5 Å². The number of nitrogens with zero attached hydrogens (tertiary/aromatic N) is 2. The van der Waals surface area contributed by atoms with Crippen LogP contribution in [-0.2, 0) is 4.79 Å². The lowest BCUT2D eigenvalue weighted by atomic mass is 10.0. The van der Waals surface area contributed by atoms with Crippen molar-refractivity contribution in [1.29, 1.82) is 0 Å². The molecule has 0 fully saturated rings. The molecule has 4 aromatic rings. The molecule has 0 aromatic heterocycles. The molecule has 0 atom stereocenters. The first-order valence-electron chi connectivity index (χ1n) is 10.6. The minimum absolute atomic E-state index is 0.0890. The molecule has 0 radical (unpaired) electrons. The van der Waals surface area contributed by atoms with Crippen LogP contribution < -0.4 is 10.3 Å². The van der Waals surface area contributed by atoms with E-state index in [1.807, 2.05) is 0 Å². The number of phenolic OH excluding ortho intramolecular Hbond substituents is 1. The second kappa shape index (κ2) is 8.75. The molecule has 1 aliphatic rings. The van der Waals surface area contributed by atoms with Crippen LogP contribution in [0.1, 0.15) is 15.9 Å². The Morgan fingerprint density at radius 3 is 2.43 bits per heavy atom. The van der Waals surface area contributed by atoms with Gasteiger partial charge in [-0.25, -0.2) is 9.18 Å². The van der Waals surface area contributed by atoms with Crippen LogP contribution in [0.5, 0.6) is 5.75 Å². The van der Waals surface area contributed by atoms with Gasteiger partial charge in [-0.3, -0.25) is 15.1 Å². The Bertz CT molecular complexity index is 1520. The highest BCUT2D eigenvalue weighted by molar-refractivity contribution is 6.55. The molecule has 0 bridgehead atoms. The number of fused-ring (bicyclic) bond motifs is 1. The van der Waals surface area contributed by atoms with Gasteiger partial charge in [0.25, 0.3) is 5.91 Å². The summed E-state index contributed by atoms with van der Waals surface area (Å²) in [6, 6.07) is 23.9. The Kier molecular flexibility index (Phi) is 5.46. The Morgan fingerprint density at radius 1 is 0.886 bits per heavy atom. The Morgan fingerprint density at radius 2 is 1.63 bits per heavy atom. The smallest absolute Gasteiger partial charge is 0.335 e. The van der Waals surface area contributed by atoms with E-state index in [9.17, 15) is 24.2 Å². The van der Waals surface area contributed by atoms with Gasteiger partial charge in [-0.1, -0.05) is 48.5 Å². The lowest BCUT2D eigenvalue weighted by Crippen LogP contribution is -2.26. The predicted octanol–water partition coefficient (Wildman–Crippen LogP) is 5.39. The van der Waals surface area contributed by atoms with Crippen molar-refractivity contribution in [3.8, 4) is 16.9 Å². The third-order valence-corrected chi connectivity index (χ3v) is 5.62. The van der Waals surface area contributed by atoms with Crippen molar-refractivity contribution in [3.05, 3.63) is 108 Å². The standard InChI is InChI=1S/C27H18FN3O4/c28-18-8-4-9-19(15-18)31-23-13-2-1-10-21(23)24(26(31)33)30-29-22-12-5-11-20(25(22)32)16-6-3-7-17(14-16)27(34)35/h1-15,29,32H,(H,34,35). The number of nitrogens with one attached hydrogen (secondary N) is 1. The number of carbonyl (C=O) groups excluding carboxylic acids is 1. The molecule has 1 aliphatic heterocycles. The summed E-state index contributed by atoms with van der Waals surface area (Å²) < 4.78 is 13.8. The van der Waals surface area contributed by atoms with Gasteiger partial charge in [0.05, 0.1) is 22.6 Å². The molecule has 0 unspecified atom stereocenters. The largest absolute Gasteiger partial charge is 0.505 e. The highest BCUT2D eigenvalue weighted by Crippen LogP contribution is 2.38. The van der Waals surface area contributed by atoms with Crippen LogP contribution in [0.3, 0.4) is 0 Å². The second-order valence-corrected chi connectivity index (χ2v) is 7.80. The number of amides is 1. The van der Waals surface area contributed by atoms with Gasteiger partial charge >= 0.3 is 5.97 Å². The fourth-order valence-corrected chi connectivity index (χ4v) is 3.98. The van der Waals surface area contributed by atoms with Crippen molar-refractivity contribution in [2.75, 3.05) is 10.3 Å². The van der Waals surface area contributed by atoms with Crippen molar-refractivity contribution >= 4 is 34.7 Å². The maximum Gasteiger partial charge on any atom is 0.335 e. The van der Waals surface area contributed by atoms with E-state index in [1.54, 1.807) is 60.7 Å². The van der Waals surface area contributed by atoms with E-state index in [4.69, 9.17) is 0 Å². The average Bonchev–Trinajstić information content (AvgIpc) is 3.14. The normalized spacial score (nSPS) is 13.7. The van der Waals surface area contributed by atoms with Gasteiger partial charge < -0.3 is 10.2 Å². The Labute approximate surface area is 199 Å². The third-order valence-electron chi connectivity index (χ3n) is 5.62. The number of anilines is 3. The van der Waals surface area contributed by atoms with Gasteiger partial charge in [0, 0.05) is 11.1 Å². The molecule has 0 aliphatic carbocycles. The third kappa shape index (κ3) is 3.97. The summed E-state index contributed by atoms with van der Waals surface area (Å²) in [5.41, 5.74) is 5.57. The monoisotopic (exact) mass is 467 g/mol. The highest BCUT2D eigenvalue weighted by Gasteiger charge is 2.35. The number of aromatic hydroxyl groups is 1. The van der Waals surface area contributed by atoms with E-state index in [-0.39, 0.29) is 22.7 Å². The zero-order valence-corrected chi connectivity index (χ0v) is 18.1. The molecule has 1 heterocycles. The van der Waals surface area contributed by atoms with E-state index in [2.05, 4.69) is 10.5 Å². The van der Waals surface area contributed by atoms with E-state index in [0.29, 0.717) is 28.1 Å². The van der Waals surface area contributed by atoms with E-state index in [0.717, 1.165) is 0 Å². The summed E-state index contributed by atoms with van der Waals surface area (Å²) in [5.74, 6) is -2.15. The summed E-state index contributed by atoms with van der Waals surface area (Å²) in [5, 5.41) is 24.4. The molecule has 8 heteroatoms. The number of halogens is 1. The number of hydrazone groups is 1. The number of hydrogen-bond donors (Lipinski definition) is 3. The van der Waals surface area contributed by atoms with Crippen LogP contribution in [0.2, 0.25) is 0 Å². The minimum Gasteiger partial charge on any atom is -0.505 e. The SMILES string of the molecule is O=C(O)c1cccc(-c2cccc(NN=C3C(=O)N(c4cccc(F)c4)c4ccccc43)c2O)c1. The minimum atomic E-state index is -1.08. The van der Waals surface area contributed by atoms with Crippen LogP contribution in [0.15, 0.2) is 96.1 Å². The molecule has 0 spiro atoms. The molecule has 3 N–H and O–H groups in total. The summed E-state index contributed by atoms with van der Waals surface area (Å²) >= 11 is 0. The molecule has 0 saturated heterocycles. The number of rotatable bonds is 5. The quantitative estimate of drug-likeness (QED) is 0.270. The summed E-state index contributed by atoms with van der Waals surface area (Å²) in [7, 11) is 0.